The number of hydrogen-bond acceptors (Lipinski definition) is 4. The lowest BCUT2D eigenvalue weighted by Gasteiger charge is -2.40. The summed E-state index contributed by atoms with van der Waals surface area (Å²) in [5.74, 6) is 0.376. The van der Waals surface area contributed by atoms with Crippen LogP contribution in [-0.4, -0.2) is 21.8 Å². The van der Waals surface area contributed by atoms with E-state index in [1.807, 2.05) is 5.51 Å². The molecule has 1 aromatic heterocycles. The maximum Gasteiger partial charge on any atom is 0.114 e. The summed E-state index contributed by atoms with van der Waals surface area (Å²) in [6.45, 7) is 4.29. The van der Waals surface area contributed by atoms with Gasteiger partial charge < -0.3 is 9.84 Å². The van der Waals surface area contributed by atoms with Gasteiger partial charge in [0.25, 0.3) is 0 Å². The van der Waals surface area contributed by atoms with E-state index in [4.69, 9.17) is 4.74 Å². The number of nitrogens with zero attached hydrogens (tertiary/aromatic N) is 1. The summed E-state index contributed by atoms with van der Waals surface area (Å²) in [5.41, 5.74) is 2.72. The summed E-state index contributed by atoms with van der Waals surface area (Å²) in [6, 6.07) is 0. The monoisotopic (exact) mass is 253 g/mol. The lowest BCUT2D eigenvalue weighted by Crippen LogP contribution is -2.42. The number of ether oxygens (including phenoxy) is 1. The maximum absolute atomic E-state index is 9.77. The molecule has 4 heteroatoms. The summed E-state index contributed by atoms with van der Waals surface area (Å²) in [4.78, 5) is 4.29. The Morgan fingerprint density at radius 1 is 1.65 bits per heavy atom. The lowest BCUT2D eigenvalue weighted by molar-refractivity contribution is -0.0690. The minimum Gasteiger partial charge on any atom is -0.495 e. The van der Waals surface area contributed by atoms with E-state index >= 15 is 0 Å². The second-order valence-electron chi connectivity index (χ2n) is 4.92. The smallest absolute Gasteiger partial charge is 0.114 e. The van der Waals surface area contributed by atoms with Crippen LogP contribution in [0.3, 0.4) is 0 Å². The molecule has 2 heterocycles. The molecule has 0 amide bonds. The van der Waals surface area contributed by atoms with Gasteiger partial charge in [-0.3, -0.25) is 0 Å². The van der Waals surface area contributed by atoms with Gasteiger partial charge in [0.15, 0.2) is 0 Å². The predicted octanol–water partition coefficient (Wildman–Crippen LogP) is 2.77. The third-order valence-corrected chi connectivity index (χ3v) is 4.13. The first-order chi connectivity index (χ1) is 8.12. The molecule has 1 aromatic rings. The normalized spacial score (nSPS) is 28.4. The number of aliphatic hydroxyl groups is 1. The minimum absolute atomic E-state index is 0.252. The van der Waals surface area contributed by atoms with Gasteiger partial charge in [0.2, 0.25) is 0 Å². The molecule has 2 atom stereocenters. The first-order valence-corrected chi connectivity index (χ1v) is 6.96. The van der Waals surface area contributed by atoms with Crippen LogP contribution >= 0.6 is 11.3 Å². The topological polar surface area (TPSA) is 42.4 Å². The molecule has 2 unspecified atom stereocenters. The van der Waals surface area contributed by atoms with Crippen molar-refractivity contribution in [2.24, 2.45) is 5.92 Å². The highest BCUT2D eigenvalue weighted by molar-refractivity contribution is 7.07. The van der Waals surface area contributed by atoms with Gasteiger partial charge in [0.05, 0.1) is 23.6 Å². The third kappa shape index (κ3) is 2.87. The van der Waals surface area contributed by atoms with Crippen LogP contribution in [0.5, 0.6) is 0 Å². The Balaban J connectivity index is 2.04. The molecule has 0 aromatic carbocycles. The van der Waals surface area contributed by atoms with Crippen molar-refractivity contribution >= 4 is 11.3 Å². The molecule has 2 rings (SSSR count). The molecule has 3 nitrogen and oxygen atoms in total. The van der Waals surface area contributed by atoms with Crippen LogP contribution in [0.1, 0.15) is 32.4 Å². The molecule has 1 aliphatic rings. The van der Waals surface area contributed by atoms with Crippen molar-refractivity contribution < 1.29 is 9.84 Å². The second kappa shape index (κ2) is 5.19. The third-order valence-electron chi connectivity index (χ3n) is 3.50. The highest BCUT2D eigenvalue weighted by Gasteiger charge is 2.38. The van der Waals surface area contributed by atoms with Gasteiger partial charge in [-0.15, -0.1) is 11.3 Å². The molecule has 0 aliphatic carbocycles. The highest BCUT2D eigenvalue weighted by Crippen LogP contribution is 2.35. The van der Waals surface area contributed by atoms with Gasteiger partial charge >= 0.3 is 0 Å². The quantitative estimate of drug-likeness (QED) is 0.897. The predicted molar refractivity (Wildman–Crippen MR) is 68.9 cm³/mol. The zero-order valence-corrected chi connectivity index (χ0v) is 11.1. The largest absolute Gasteiger partial charge is 0.495 e. The van der Waals surface area contributed by atoms with Crippen molar-refractivity contribution in [1.82, 2.24) is 4.98 Å². The molecule has 94 valence electrons. The van der Waals surface area contributed by atoms with E-state index in [-0.39, 0.29) is 11.7 Å². The van der Waals surface area contributed by atoms with Crippen molar-refractivity contribution in [3.05, 3.63) is 28.9 Å². The van der Waals surface area contributed by atoms with Crippen LogP contribution in [0.25, 0.3) is 0 Å². The van der Waals surface area contributed by atoms with Crippen LogP contribution in [-0.2, 0) is 11.2 Å². The highest BCUT2D eigenvalue weighted by atomic mass is 32.1. The van der Waals surface area contributed by atoms with Gasteiger partial charge in [0.1, 0.15) is 5.60 Å². The Morgan fingerprint density at radius 3 is 3.06 bits per heavy atom. The van der Waals surface area contributed by atoms with E-state index in [9.17, 15) is 5.11 Å². The fraction of sp³-hybridized carbons (Fsp3) is 0.615. The van der Waals surface area contributed by atoms with Crippen LogP contribution in [0.15, 0.2) is 23.2 Å². The molecule has 0 bridgehead atoms. The number of rotatable bonds is 4. The van der Waals surface area contributed by atoms with Crippen molar-refractivity contribution in [2.45, 2.75) is 44.8 Å². The number of hydrogen-bond donors (Lipinski definition) is 1. The standard InChI is InChI=1S/C13H19NO2S/c1-10(2)13(7-12(15)4-6-16-13)5-3-11-8-17-9-14-11/h4,6,8-10,12,15H,3,5,7H2,1-2H3. The van der Waals surface area contributed by atoms with Crippen LogP contribution < -0.4 is 0 Å². The zero-order chi connectivity index (χ0) is 12.3. The van der Waals surface area contributed by atoms with Crippen LogP contribution in [0.2, 0.25) is 0 Å². The molecule has 1 aliphatic heterocycles. The molecule has 0 saturated heterocycles. The Labute approximate surface area is 106 Å². The van der Waals surface area contributed by atoms with Crippen molar-refractivity contribution in [3.63, 3.8) is 0 Å². The Bertz CT molecular complexity index is 375. The Morgan fingerprint density at radius 2 is 2.47 bits per heavy atom. The van der Waals surface area contributed by atoms with Gasteiger partial charge in [-0.2, -0.15) is 0 Å². The van der Waals surface area contributed by atoms with E-state index in [1.165, 1.54) is 0 Å². The fourth-order valence-corrected chi connectivity index (χ4v) is 2.85. The van der Waals surface area contributed by atoms with Gasteiger partial charge in [-0.1, -0.05) is 13.8 Å². The average Bonchev–Trinajstić information content (AvgIpc) is 2.79. The molecule has 0 radical (unpaired) electrons. The first-order valence-electron chi connectivity index (χ1n) is 6.02. The van der Waals surface area contributed by atoms with Crippen molar-refractivity contribution in [3.8, 4) is 0 Å². The number of aromatic nitrogens is 1. The molecular weight excluding hydrogens is 234 g/mol. The molecule has 0 spiro atoms. The summed E-state index contributed by atoms with van der Waals surface area (Å²) in [5, 5.41) is 11.8. The second-order valence-corrected chi connectivity index (χ2v) is 5.64. The van der Waals surface area contributed by atoms with E-state index in [2.05, 4.69) is 24.2 Å². The van der Waals surface area contributed by atoms with E-state index in [0.29, 0.717) is 12.3 Å². The van der Waals surface area contributed by atoms with Crippen LogP contribution in [0.4, 0.5) is 0 Å². The Kier molecular flexibility index (Phi) is 3.84. The van der Waals surface area contributed by atoms with E-state index in [0.717, 1.165) is 18.5 Å². The minimum atomic E-state index is -0.387. The van der Waals surface area contributed by atoms with Gasteiger partial charge in [0, 0.05) is 11.8 Å². The summed E-state index contributed by atoms with van der Waals surface area (Å²) in [6.07, 6.45) is 5.45. The zero-order valence-electron chi connectivity index (χ0n) is 10.3. The molecule has 1 N–H and O–H groups in total. The maximum atomic E-state index is 9.77. The van der Waals surface area contributed by atoms with Gasteiger partial charge in [-0.05, 0) is 24.8 Å². The molecule has 0 saturated carbocycles. The van der Waals surface area contributed by atoms with E-state index in [1.54, 1.807) is 23.7 Å². The summed E-state index contributed by atoms with van der Waals surface area (Å²) in [7, 11) is 0. The first kappa shape index (κ1) is 12.6. The van der Waals surface area contributed by atoms with E-state index < -0.39 is 0 Å². The molecule has 0 fully saturated rings. The number of thiazole rings is 1. The fourth-order valence-electron chi connectivity index (χ4n) is 2.26. The van der Waals surface area contributed by atoms with Crippen molar-refractivity contribution in [1.29, 1.82) is 0 Å². The molecule has 17 heavy (non-hydrogen) atoms. The Hall–Kier alpha value is -0.870. The summed E-state index contributed by atoms with van der Waals surface area (Å²) >= 11 is 1.62. The molecular formula is C13H19NO2S. The van der Waals surface area contributed by atoms with Crippen LogP contribution in [0, 0.1) is 5.92 Å². The lowest BCUT2D eigenvalue weighted by atomic mass is 9.80. The van der Waals surface area contributed by atoms with Crippen molar-refractivity contribution in [2.75, 3.05) is 0 Å². The SMILES string of the molecule is CC(C)C1(CCc2cscn2)CC(O)C=CO1. The number of aryl methyl sites for hydroxylation is 1. The van der Waals surface area contributed by atoms with Gasteiger partial charge in [-0.25, -0.2) is 4.98 Å². The summed E-state index contributed by atoms with van der Waals surface area (Å²) < 4.78 is 5.83. The average molecular weight is 253 g/mol. The number of aliphatic hydroxyl groups excluding tert-OH is 1.